The van der Waals surface area contributed by atoms with Gasteiger partial charge >= 0.3 is 12.1 Å². The fourth-order valence-electron chi connectivity index (χ4n) is 4.15. The van der Waals surface area contributed by atoms with Crippen LogP contribution in [-0.4, -0.2) is 69.2 Å². The van der Waals surface area contributed by atoms with Crippen LogP contribution in [0.4, 0.5) is 13.2 Å². The topological polar surface area (TPSA) is 95.9 Å². The summed E-state index contributed by atoms with van der Waals surface area (Å²) in [5.74, 6) is -2.09. The van der Waals surface area contributed by atoms with E-state index >= 15 is 0 Å². The average Bonchev–Trinajstić information content (AvgIpc) is 3.26. The Bertz CT molecular complexity index is 1060. The molecule has 0 spiro atoms. The van der Waals surface area contributed by atoms with Crippen LogP contribution in [0.15, 0.2) is 42.5 Å². The number of hydrogen-bond acceptors (Lipinski definition) is 5. The SMILES string of the molecule is CS(=O)(=O)NC[C@@H]1CO[C@@H]2CN(Cc3cccc4ccccc34)C[C@H]12.O=C(O)C(F)(F)F. The monoisotopic (exact) mass is 474 g/mol. The molecule has 3 atom stereocenters. The highest BCUT2D eigenvalue weighted by Gasteiger charge is 2.43. The van der Waals surface area contributed by atoms with Gasteiger partial charge in [-0.25, -0.2) is 17.9 Å². The summed E-state index contributed by atoms with van der Waals surface area (Å²) >= 11 is 0. The highest BCUT2D eigenvalue weighted by atomic mass is 32.2. The van der Waals surface area contributed by atoms with E-state index in [9.17, 15) is 21.6 Å². The maximum atomic E-state index is 11.3. The molecule has 0 aromatic heterocycles. The van der Waals surface area contributed by atoms with E-state index in [0.29, 0.717) is 19.1 Å². The first kappa shape index (κ1) is 24.4. The van der Waals surface area contributed by atoms with Crippen LogP contribution in [-0.2, 0) is 26.1 Å². The standard InChI is InChI=1S/C19H24N2O3S.C2HF3O2/c1-25(22,23)20-9-16-13-24-19-12-21(11-18(16)19)10-15-7-4-6-14-5-2-3-8-17(14)15;3-2(4,5)1(6)7/h2-8,16,18-20H,9-13H2,1H3;(H,6,7)/t16-,18-,19-;/m1./s1. The third-order valence-corrected chi connectivity index (χ3v) is 6.33. The van der Waals surface area contributed by atoms with Gasteiger partial charge in [-0.1, -0.05) is 42.5 Å². The molecule has 0 unspecified atom stereocenters. The van der Waals surface area contributed by atoms with Gasteiger partial charge in [0.2, 0.25) is 10.0 Å². The lowest BCUT2D eigenvalue weighted by molar-refractivity contribution is -0.192. The van der Waals surface area contributed by atoms with E-state index in [-0.39, 0.29) is 12.0 Å². The number of alkyl halides is 3. The van der Waals surface area contributed by atoms with Crippen LogP contribution in [0.5, 0.6) is 0 Å². The van der Waals surface area contributed by atoms with Crippen molar-refractivity contribution in [2.45, 2.75) is 18.8 Å². The van der Waals surface area contributed by atoms with Crippen molar-refractivity contribution >= 4 is 26.8 Å². The van der Waals surface area contributed by atoms with Gasteiger partial charge in [0.1, 0.15) is 0 Å². The van der Waals surface area contributed by atoms with Gasteiger partial charge in [0, 0.05) is 38.0 Å². The molecule has 7 nitrogen and oxygen atoms in total. The molecule has 2 aliphatic heterocycles. The Morgan fingerprint density at radius 2 is 1.84 bits per heavy atom. The molecule has 0 bridgehead atoms. The number of carboxylic acids is 1. The smallest absolute Gasteiger partial charge is 0.475 e. The molecule has 2 heterocycles. The summed E-state index contributed by atoms with van der Waals surface area (Å²) in [6, 6.07) is 14.9. The Kier molecular flexibility index (Phi) is 7.43. The van der Waals surface area contributed by atoms with Crippen molar-refractivity contribution in [3.8, 4) is 0 Å². The number of aliphatic carboxylic acids is 1. The van der Waals surface area contributed by atoms with E-state index in [0.717, 1.165) is 19.6 Å². The summed E-state index contributed by atoms with van der Waals surface area (Å²) in [4.78, 5) is 11.3. The van der Waals surface area contributed by atoms with Crippen LogP contribution in [0.2, 0.25) is 0 Å². The normalized spacial score (nSPS) is 23.6. The highest BCUT2D eigenvalue weighted by Crippen LogP contribution is 2.34. The third-order valence-electron chi connectivity index (χ3n) is 5.64. The predicted molar refractivity (Wildman–Crippen MR) is 112 cm³/mol. The molecule has 2 aromatic carbocycles. The second-order valence-electron chi connectivity index (χ2n) is 8.05. The summed E-state index contributed by atoms with van der Waals surface area (Å²) in [5, 5.41) is 9.70. The van der Waals surface area contributed by atoms with Crippen molar-refractivity contribution < 1.29 is 36.2 Å². The molecule has 4 rings (SSSR count). The van der Waals surface area contributed by atoms with Crippen molar-refractivity contribution in [2.24, 2.45) is 11.8 Å². The average molecular weight is 475 g/mol. The number of likely N-dealkylation sites (tertiary alicyclic amines) is 1. The number of rotatable bonds is 5. The van der Waals surface area contributed by atoms with E-state index < -0.39 is 22.2 Å². The van der Waals surface area contributed by atoms with Gasteiger partial charge in [0.15, 0.2) is 0 Å². The number of carboxylic acid groups (broad SMARTS) is 1. The first-order chi connectivity index (χ1) is 14.9. The van der Waals surface area contributed by atoms with Crippen molar-refractivity contribution in [1.29, 1.82) is 0 Å². The van der Waals surface area contributed by atoms with Crippen molar-refractivity contribution in [1.82, 2.24) is 9.62 Å². The summed E-state index contributed by atoms with van der Waals surface area (Å²) < 4.78 is 63.0. The van der Waals surface area contributed by atoms with E-state index in [1.165, 1.54) is 22.6 Å². The fourth-order valence-corrected chi connectivity index (χ4v) is 4.67. The first-order valence-electron chi connectivity index (χ1n) is 9.99. The Hall–Kier alpha value is -2.21. The second-order valence-corrected chi connectivity index (χ2v) is 9.88. The minimum atomic E-state index is -5.08. The predicted octanol–water partition coefficient (Wildman–Crippen LogP) is 2.47. The molecule has 0 radical (unpaired) electrons. The summed E-state index contributed by atoms with van der Waals surface area (Å²) in [6.45, 7) is 3.92. The first-order valence-corrected chi connectivity index (χ1v) is 11.9. The van der Waals surface area contributed by atoms with Crippen LogP contribution in [0.25, 0.3) is 10.8 Å². The minimum Gasteiger partial charge on any atom is -0.475 e. The van der Waals surface area contributed by atoms with E-state index in [2.05, 4.69) is 52.1 Å². The lowest BCUT2D eigenvalue weighted by Gasteiger charge is -2.20. The number of hydrogen-bond donors (Lipinski definition) is 2. The number of nitrogens with zero attached hydrogens (tertiary/aromatic N) is 1. The van der Waals surface area contributed by atoms with Crippen LogP contribution in [0.1, 0.15) is 5.56 Å². The molecule has 2 N–H and O–H groups in total. The van der Waals surface area contributed by atoms with Gasteiger partial charge in [-0.15, -0.1) is 0 Å². The Balaban J connectivity index is 0.000000360. The number of fused-ring (bicyclic) bond motifs is 2. The van der Waals surface area contributed by atoms with Crippen molar-refractivity contribution in [3.63, 3.8) is 0 Å². The summed E-state index contributed by atoms with van der Waals surface area (Å²) in [5.41, 5.74) is 1.34. The van der Waals surface area contributed by atoms with E-state index in [1.807, 2.05) is 0 Å². The molecular formula is C21H25F3N2O5S. The number of carbonyl (C=O) groups is 1. The quantitative estimate of drug-likeness (QED) is 0.691. The van der Waals surface area contributed by atoms with Gasteiger partial charge in [-0.3, -0.25) is 4.90 Å². The lowest BCUT2D eigenvalue weighted by Crippen LogP contribution is -2.33. The molecule has 0 aliphatic carbocycles. The molecule has 2 fully saturated rings. The number of benzene rings is 2. The number of ether oxygens (including phenoxy) is 1. The van der Waals surface area contributed by atoms with Crippen molar-refractivity contribution in [3.05, 3.63) is 48.0 Å². The van der Waals surface area contributed by atoms with Gasteiger partial charge < -0.3 is 9.84 Å². The van der Waals surface area contributed by atoms with Gasteiger partial charge in [0.25, 0.3) is 0 Å². The fraction of sp³-hybridized carbons (Fsp3) is 0.476. The Morgan fingerprint density at radius 3 is 2.50 bits per heavy atom. The van der Waals surface area contributed by atoms with E-state index in [4.69, 9.17) is 14.6 Å². The molecule has 2 saturated heterocycles. The number of sulfonamides is 1. The number of nitrogens with one attached hydrogen (secondary N) is 1. The zero-order chi connectivity index (χ0) is 23.5. The molecule has 11 heteroatoms. The largest absolute Gasteiger partial charge is 0.490 e. The summed E-state index contributed by atoms with van der Waals surface area (Å²) in [6.07, 6.45) is -3.65. The van der Waals surface area contributed by atoms with Crippen molar-refractivity contribution in [2.75, 3.05) is 32.5 Å². The van der Waals surface area contributed by atoms with Gasteiger partial charge in [-0.2, -0.15) is 13.2 Å². The van der Waals surface area contributed by atoms with E-state index in [1.54, 1.807) is 0 Å². The molecule has 0 amide bonds. The molecule has 0 saturated carbocycles. The minimum absolute atomic E-state index is 0.223. The Labute approximate surface area is 184 Å². The lowest BCUT2D eigenvalue weighted by atomic mass is 9.93. The molecule has 176 valence electrons. The summed E-state index contributed by atoms with van der Waals surface area (Å²) in [7, 11) is -3.15. The maximum absolute atomic E-state index is 11.3. The third kappa shape index (κ3) is 6.41. The molecule has 32 heavy (non-hydrogen) atoms. The maximum Gasteiger partial charge on any atom is 0.490 e. The zero-order valence-electron chi connectivity index (χ0n) is 17.4. The highest BCUT2D eigenvalue weighted by molar-refractivity contribution is 7.88. The molecule has 2 aliphatic rings. The molecule has 2 aromatic rings. The van der Waals surface area contributed by atoms with Crippen LogP contribution in [0, 0.1) is 11.8 Å². The van der Waals surface area contributed by atoms with Crippen LogP contribution < -0.4 is 4.72 Å². The van der Waals surface area contributed by atoms with Gasteiger partial charge in [0.05, 0.1) is 19.0 Å². The second kappa shape index (κ2) is 9.74. The van der Waals surface area contributed by atoms with Crippen LogP contribution in [0.3, 0.4) is 0 Å². The van der Waals surface area contributed by atoms with Crippen LogP contribution >= 0.6 is 0 Å². The zero-order valence-corrected chi connectivity index (χ0v) is 18.2. The number of halogens is 3. The Morgan fingerprint density at radius 1 is 1.19 bits per heavy atom. The molecular weight excluding hydrogens is 449 g/mol. The van der Waals surface area contributed by atoms with Gasteiger partial charge in [-0.05, 0) is 16.3 Å².